The van der Waals surface area contributed by atoms with E-state index in [1.54, 1.807) is 13.2 Å². The molecule has 0 aromatic heterocycles. The number of halogens is 1. The predicted octanol–water partition coefficient (Wildman–Crippen LogP) is 2.24. The van der Waals surface area contributed by atoms with E-state index in [1.165, 1.54) is 6.21 Å². The lowest BCUT2D eigenvalue weighted by Crippen LogP contribution is -2.21. The molecule has 6 nitrogen and oxygen atoms in total. The van der Waals surface area contributed by atoms with Crippen LogP contribution < -0.4 is 20.9 Å². The predicted molar refractivity (Wildman–Crippen MR) is 84.5 cm³/mol. The van der Waals surface area contributed by atoms with Gasteiger partial charge in [0.15, 0.2) is 11.5 Å². The molecule has 0 heterocycles. The van der Waals surface area contributed by atoms with Gasteiger partial charge < -0.3 is 20.9 Å². The standard InChI is InChI=1S/C13H19BrN4O2/c1-3-4-5-20-12-7-10(14)9(6-11(12)19-2)8-17-18-13(15)16/h6-8H,3-5H2,1-2H3,(H4,15,16,18). The Bertz CT molecular complexity index is 499. The zero-order valence-electron chi connectivity index (χ0n) is 11.6. The summed E-state index contributed by atoms with van der Waals surface area (Å²) in [4.78, 5) is 0. The van der Waals surface area contributed by atoms with E-state index in [0.29, 0.717) is 18.1 Å². The number of rotatable bonds is 7. The van der Waals surface area contributed by atoms with Crippen molar-refractivity contribution in [2.24, 2.45) is 21.7 Å². The van der Waals surface area contributed by atoms with Gasteiger partial charge in [-0.2, -0.15) is 5.10 Å². The van der Waals surface area contributed by atoms with E-state index in [0.717, 1.165) is 22.9 Å². The van der Waals surface area contributed by atoms with Crippen molar-refractivity contribution < 1.29 is 9.47 Å². The fourth-order valence-corrected chi connectivity index (χ4v) is 1.83. The van der Waals surface area contributed by atoms with Gasteiger partial charge in [-0.15, -0.1) is 5.10 Å². The van der Waals surface area contributed by atoms with Gasteiger partial charge in [0.05, 0.1) is 19.9 Å². The monoisotopic (exact) mass is 342 g/mol. The molecule has 0 spiro atoms. The largest absolute Gasteiger partial charge is 0.493 e. The van der Waals surface area contributed by atoms with Crippen LogP contribution >= 0.6 is 15.9 Å². The highest BCUT2D eigenvalue weighted by atomic mass is 79.9. The first-order valence-corrected chi connectivity index (χ1v) is 7.00. The van der Waals surface area contributed by atoms with E-state index in [2.05, 4.69) is 33.1 Å². The number of benzene rings is 1. The van der Waals surface area contributed by atoms with Crippen molar-refractivity contribution in [2.45, 2.75) is 19.8 Å². The molecule has 110 valence electrons. The fraction of sp³-hybridized carbons (Fsp3) is 0.385. The van der Waals surface area contributed by atoms with Crippen LogP contribution in [0.1, 0.15) is 25.3 Å². The number of methoxy groups -OCH3 is 1. The van der Waals surface area contributed by atoms with Crippen molar-refractivity contribution in [1.29, 1.82) is 0 Å². The summed E-state index contributed by atoms with van der Waals surface area (Å²) in [5.41, 5.74) is 11.2. The van der Waals surface area contributed by atoms with Gasteiger partial charge in [-0.05, 0) is 34.5 Å². The lowest BCUT2D eigenvalue weighted by Gasteiger charge is -2.12. The van der Waals surface area contributed by atoms with Gasteiger partial charge in [0.25, 0.3) is 0 Å². The van der Waals surface area contributed by atoms with Crippen LogP contribution in [-0.2, 0) is 0 Å². The molecule has 0 atom stereocenters. The number of unbranched alkanes of at least 4 members (excludes halogenated alkanes) is 1. The molecule has 0 unspecified atom stereocenters. The minimum absolute atomic E-state index is 0.0937. The second-order valence-electron chi connectivity index (χ2n) is 4.00. The summed E-state index contributed by atoms with van der Waals surface area (Å²) in [5, 5.41) is 7.32. The number of guanidine groups is 1. The Morgan fingerprint density at radius 2 is 2.10 bits per heavy atom. The first-order valence-electron chi connectivity index (χ1n) is 6.20. The van der Waals surface area contributed by atoms with Gasteiger partial charge >= 0.3 is 0 Å². The zero-order chi connectivity index (χ0) is 15.0. The smallest absolute Gasteiger partial charge is 0.211 e. The Morgan fingerprint density at radius 3 is 2.70 bits per heavy atom. The second kappa shape index (κ2) is 8.42. The molecular weight excluding hydrogens is 324 g/mol. The Balaban J connectivity index is 2.94. The number of nitrogens with zero attached hydrogens (tertiary/aromatic N) is 2. The summed E-state index contributed by atoms with van der Waals surface area (Å²) in [6.07, 6.45) is 3.60. The first kappa shape index (κ1) is 16.3. The third kappa shape index (κ3) is 5.08. The van der Waals surface area contributed by atoms with E-state index < -0.39 is 0 Å². The maximum absolute atomic E-state index is 5.68. The highest BCUT2D eigenvalue weighted by Crippen LogP contribution is 2.33. The molecule has 0 saturated heterocycles. The Morgan fingerprint density at radius 1 is 1.35 bits per heavy atom. The summed E-state index contributed by atoms with van der Waals surface area (Å²) < 4.78 is 11.8. The van der Waals surface area contributed by atoms with Crippen LogP contribution in [0.5, 0.6) is 11.5 Å². The third-order valence-electron chi connectivity index (χ3n) is 2.41. The Kier molecular flexibility index (Phi) is 6.86. The number of hydrogen-bond acceptors (Lipinski definition) is 4. The molecule has 0 radical (unpaired) electrons. The lowest BCUT2D eigenvalue weighted by atomic mass is 10.2. The SMILES string of the molecule is CCCCOc1cc(Br)c(C=NN=C(N)N)cc1OC. The normalized spacial score (nSPS) is 10.6. The van der Waals surface area contributed by atoms with Crippen molar-refractivity contribution in [3.63, 3.8) is 0 Å². The molecule has 7 heteroatoms. The highest BCUT2D eigenvalue weighted by Gasteiger charge is 2.09. The van der Waals surface area contributed by atoms with Gasteiger partial charge in [-0.25, -0.2) is 0 Å². The molecule has 20 heavy (non-hydrogen) atoms. The maximum Gasteiger partial charge on any atom is 0.211 e. The van der Waals surface area contributed by atoms with Gasteiger partial charge in [0, 0.05) is 10.0 Å². The zero-order valence-corrected chi connectivity index (χ0v) is 13.2. The molecule has 1 aromatic rings. The molecule has 4 N–H and O–H groups in total. The molecule has 1 aromatic carbocycles. The topological polar surface area (TPSA) is 95.2 Å². The molecular formula is C13H19BrN4O2. The Hall–Kier alpha value is -1.76. The van der Waals surface area contributed by atoms with Gasteiger partial charge in [0.2, 0.25) is 5.96 Å². The van der Waals surface area contributed by atoms with E-state index in [1.807, 2.05) is 6.07 Å². The minimum Gasteiger partial charge on any atom is -0.493 e. The minimum atomic E-state index is -0.0937. The van der Waals surface area contributed by atoms with E-state index in [-0.39, 0.29) is 5.96 Å². The summed E-state index contributed by atoms with van der Waals surface area (Å²) in [5.74, 6) is 1.23. The molecule has 0 saturated carbocycles. The van der Waals surface area contributed by atoms with E-state index in [9.17, 15) is 0 Å². The highest BCUT2D eigenvalue weighted by molar-refractivity contribution is 9.10. The number of ether oxygens (including phenoxy) is 2. The van der Waals surface area contributed by atoms with Crippen molar-refractivity contribution >= 4 is 28.1 Å². The molecule has 1 rings (SSSR count). The Labute approximate surface area is 127 Å². The fourth-order valence-electron chi connectivity index (χ4n) is 1.41. The molecule has 0 aliphatic heterocycles. The van der Waals surface area contributed by atoms with Crippen LogP contribution in [0.2, 0.25) is 0 Å². The first-order chi connectivity index (χ1) is 9.58. The average molecular weight is 343 g/mol. The van der Waals surface area contributed by atoms with E-state index >= 15 is 0 Å². The van der Waals surface area contributed by atoms with Crippen molar-refractivity contribution in [3.05, 3.63) is 22.2 Å². The van der Waals surface area contributed by atoms with E-state index in [4.69, 9.17) is 20.9 Å². The van der Waals surface area contributed by atoms with Crippen LogP contribution in [-0.4, -0.2) is 25.9 Å². The van der Waals surface area contributed by atoms with Crippen LogP contribution in [0.3, 0.4) is 0 Å². The van der Waals surface area contributed by atoms with Gasteiger partial charge in [0.1, 0.15) is 0 Å². The van der Waals surface area contributed by atoms with Crippen LogP contribution in [0.15, 0.2) is 26.8 Å². The summed E-state index contributed by atoms with van der Waals surface area (Å²) in [6.45, 7) is 2.76. The van der Waals surface area contributed by atoms with Crippen molar-refractivity contribution in [3.8, 4) is 11.5 Å². The molecule has 0 amide bonds. The second-order valence-corrected chi connectivity index (χ2v) is 4.85. The number of hydrogen-bond donors (Lipinski definition) is 2. The van der Waals surface area contributed by atoms with Crippen LogP contribution in [0.4, 0.5) is 0 Å². The molecule has 0 aliphatic rings. The van der Waals surface area contributed by atoms with Crippen molar-refractivity contribution in [1.82, 2.24) is 0 Å². The summed E-state index contributed by atoms with van der Waals surface area (Å²) >= 11 is 3.45. The third-order valence-corrected chi connectivity index (χ3v) is 3.10. The molecule has 0 fully saturated rings. The van der Waals surface area contributed by atoms with Crippen LogP contribution in [0, 0.1) is 0 Å². The van der Waals surface area contributed by atoms with Gasteiger partial charge in [-0.1, -0.05) is 13.3 Å². The average Bonchev–Trinajstić information content (AvgIpc) is 2.41. The molecule has 0 aliphatic carbocycles. The van der Waals surface area contributed by atoms with Crippen molar-refractivity contribution in [2.75, 3.05) is 13.7 Å². The summed E-state index contributed by atoms with van der Waals surface area (Å²) in [7, 11) is 1.59. The molecule has 0 bridgehead atoms. The van der Waals surface area contributed by atoms with Crippen LogP contribution in [0.25, 0.3) is 0 Å². The maximum atomic E-state index is 5.68. The summed E-state index contributed by atoms with van der Waals surface area (Å²) in [6, 6.07) is 3.64. The number of nitrogens with two attached hydrogens (primary N) is 2. The quantitative estimate of drug-likeness (QED) is 0.343. The lowest BCUT2D eigenvalue weighted by molar-refractivity contribution is 0.288. The van der Waals surface area contributed by atoms with Gasteiger partial charge in [-0.3, -0.25) is 0 Å².